The van der Waals surface area contributed by atoms with Crippen LogP contribution in [0.2, 0.25) is 0 Å². The Kier molecular flexibility index (Phi) is 5.61. The van der Waals surface area contributed by atoms with Crippen molar-refractivity contribution in [3.8, 4) is 0 Å². The summed E-state index contributed by atoms with van der Waals surface area (Å²) in [7, 11) is 0. The van der Waals surface area contributed by atoms with E-state index in [0.29, 0.717) is 25.2 Å². The van der Waals surface area contributed by atoms with Crippen molar-refractivity contribution in [1.29, 1.82) is 0 Å². The summed E-state index contributed by atoms with van der Waals surface area (Å²) < 4.78 is 0. The minimum atomic E-state index is -0.171. The monoisotopic (exact) mass is 388 g/mol. The first-order chi connectivity index (χ1) is 14.2. The van der Waals surface area contributed by atoms with E-state index in [4.69, 9.17) is 0 Å². The number of aryl methyl sites for hydroxylation is 1. The van der Waals surface area contributed by atoms with Gasteiger partial charge in [0.05, 0.1) is 0 Å². The first-order valence-electron chi connectivity index (χ1n) is 9.88. The topological polar surface area (TPSA) is 89.8 Å². The van der Waals surface area contributed by atoms with Crippen molar-refractivity contribution in [3.05, 3.63) is 72.1 Å². The van der Waals surface area contributed by atoms with E-state index in [9.17, 15) is 9.59 Å². The largest absolute Gasteiger partial charge is 0.361 e. The van der Waals surface area contributed by atoms with Crippen molar-refractivity contribution in [2.75, 3.05) is 13.1 Å². The number of aromatic nitrogens is 2. The lowest BCUT2D eigenvalue weighted by atomic mass is 10.1. The van der Waals surface area contributed by atoms with Gasteiger partial charge in [0.1, 0.15) is 5.69 Å². The van der Waals surface area contributed by atoms with E-state index >= 15 is 0 Å². The van der Waals surface area contributed by atoms with E-state index in [1.165, 1.54) is 10.9 Å². The Hall–Kier alpha value is -3.54. The Morgan fingerprint density at radius 3 is 2.52 bits per heavy atom. The Bertz CT molecular complexity index is 1110. The average molecular weight is 388 g/mol. The molecule has 0 unspecified atom stereocenters. The van der Waals surface area contributed by atoms with E-state index in [1.807, 2.05) is 48.7 Å². The Morgan fingerprint density at radius 2 is 1.66 bits per heavy atom. The summed E-state index contributed by atoms with van der Waals surface area (Å²) in [5, 5.41) is 7.90. The molecule has 2 amide bonds. The van der Waals surface area contributed by atoms with E-state index in [-0.39, 0.29) is 11.8 Å². The van der Waals surface area contributed by atoms with Crippen LogP contribution in [0, 0.1) is 0 Å². The van der Waals surface area contributed by atoms with Gasteiger partial charge in [0.15, 0.2) is 0 Å². The standard InChI is InChI=1S/C23H24N4O2/c28-22(11-5-7-17-15-26-20-10-4-2-8-18(17)20)24-12-13-25-23(29)21-14-16-6-1-3-9-19(16)27-21/h1-4,6,8-10,14-15,26-27H,5,7,11-13H2,(H,24,28)(H,25,29). The quantitative estimate of drug-likeness (QED) is 0.348. The summed E-state index contributed by atoms with van der Waals surface area (Å²) in [4.78, 5) is 30.6. The molecule has 0 radical (unpaired) electrons. The maximum Gasteiger partial charge on any atom is 0.267 e. The number of aromatic amines is 2. The second-order valence-electron chi connectivity index (χ2n) is 7.09. The van der Waals surface area contributed by atoms with Crippen LogP contribution in [0.4, 0.5) is 0 Å². The van der Waals surface area contributed by atoms with Gasteiger partial charge in [-0.1, -0.05) is 36.4 Å². The lowest BCUT2D eigenvalue weighted by Crippen LogP contribution is -2.34. The van der Waals surface area contributed by atoms with Crippen molar-refractivity contribution in [3.63, 3.8) is 0 Å². The van der Waals surface area contributed by atoms with Gasteiger partial charge < -0.3 is 20.6 Å². The molecule has 4 N–H and O–H groups in total. The van der Waals surface area contributed by atoms with Crippen molar-refractivity contribution < 1.29 is 9.59 Å². The number of hydrogen-bond acceptors (Lipinski definition) is 2. The summed E-state index contributed by atoms with van der Waals surface area (Å²) in [6.07, 6.45) is 4.13. The molecule has 4 rings (SSSR count). The summed E-state index contributed by atoms with van der Waals surface area (Å²) in [5.41, 5.74) is 3.81. The molecule has 2 aromatic carbocycles. The molecule has 0 fully saturated rings. The second-order valence-corrected chi connectivity index (χ2v) is 7.09. The highest BCUT2D eigenvalue weighted by Gasteiger charge is 2.09. The predicted octanol–water partition coefficient (Wildman–Crippen LogP) is 3.52. The van der Waals surface area contributed by atoms with Crippen LogP contribution in [0.3, 0.4) is 0 Å². The van der Waals surface area contributed by atoms with Crippen LogP contribution in [-0.4, -0.2) is 34.9 Å². The molecule has 0 aliphatic heterocycles. The Balaban J connectivity index is 1.16. The molecule has 0 bridgehead atoms. The fourth-order valence-electron chi connectivity index (χ4n) is 3.54. The molecule has 4 aromatic rings. The number of amides is 2. The molecule has 6 heteroatoms. The third-order valence-corrected chi connectivity index (χ3v) is 5.03. The molecule has 0 aliphatic carbocycles. The third kappa shape index (κ3) is 4.48. The first-order valence-corrected chi connectivity index (χ1v) is 9.88. The van der Waals surface area contributed by atoms with Gasteiger partial charge in [-0.15, -0.1) is 0 Å². The van der Waals surface area contributed by atoms with E-state index in [0.717, 1.165) is 29.3 Å². The van der Waals surface area contributed by atoms with Gasteiger partial charge >= 0.3 is 0 Å². The zero-order chi connectivity index (χ0) is 20.1. The molecule has 0 saturated heterocycles. The minimum Gasteiger partial charge on any atom is -0.361 e. The van der Waals surface area contributed by atoms with Crippen LogP contribution in [0.1, 0.15) is 28.9 Å². The molecule has 0 spiro atoms. The molecule has 2 heterocycles. The SMILES string of the molecule is O=C(CCCc1c[nH]c2ccccc12)NCCNC(=O)c1cc2ccccc2[nH]1. The number of carbonyl (C=O) groups excluding carboxylic acids is 2. The van der Waals surface area contributed by atoms with Gasteiger partial charge in [-0.25, -0.2) is 0 Å². The van der Waals surface area contributed by atoms with Crippen molar-refractivity contribution >= 4 is 33.6 Å². The Morgan fingerprint density at radius 1 is 0.897 bits per heavy atom. The fourth-order valence-corrected chi connectivity index (χ4v) is 3.54. The summed E-state index contributed by atoms with van der Waals surface area (Å²) >= 11 is 0. The summed E-state index contributed by atoms with van der Waals surface area (Å²) in [6, 6.07) is 17.8. The molecule has 0 saturated carbocycles. The molecule has 0 atom stereocenters. The Labute approximate surface area is 168 Å². The zero-order valence-electron chi connectivity index (χ0n) is 16.1. The van der Waals surface area contributed by atoms with Crippen LogP contribution < -0.4 is 10.6 Å². The highest BCUT2D eigenvalue weighted by molar-refractivity contribution is 5.98. The lowest BCUT2D eigenvalue weighted by Gasteiger charge is -2.06. The van der Waals surface area contributed by atoms with Gasteiger partial charge in [-0.2, -0.15) is 0 Å². The normalized spacial score (nSPS) is 11.0. The first kappa shape index (κ1) is 18.8. The van der Waals surface area contributed by atoms with Crippen molar-refractivity contribution in [2.45, 2.75) is 19.3 Å². The molecule has 0 aliphatic rings. The predicted molar refractivity (Wildman–Crippen MR) is 115 cm³/mol. The maximum absolute atomic E-state index is 12.2. The minimum absolute atomic E-state index is 0.00435. The lowest BCUT2D eigenvalue weighted by molar-refractivity contribution is -0.121. The third-order valence-electron chi connectivity index (χ3n) is 5.03. The zero-order valence-corrected chi connectivity index (χ0v) is 16.1. The molecule has 148 valence electrons. The van der Waals surface area contributed by atoms with Gasteiger partial charge in [0.25, 0.3) is 5.91 Å². The molecule has 2 aromatic heterocycles. The van der Waals surface area contributed by atoms with Crippen LogP contribution in [0.5, 0.6) is 0 Å². The number of hydrogen-bond donors (Lipinski definition) is 4. The van der Waals surface area contributed by atoms with E-state index < -0.39 is 0 Å². The van der Waals surface area contributed by atoms with Crippen LogP contribution in [-0.2, 0) is 11.2 Å². The molecular formula is C23H24N4O2. The number of fused-ring (bicyclic) bond motifs is 2. The number of rotatable bonds is 8. The van der Waals surface area contributed by atoms with Gasteiger partial charge in [0.2, 0.25) is 5.91 Å². The summed E-state index contributed by atoms with van der Waals surface area (Å²) in [5.74, 6) is -0.167. The maximum atomic E-state index is 12.2. The molecule has 6 nitrogen and oxygen atoms in total. The molecular weight excluding hydrogens is 364 g/mol. The molecule has 29 heavy (non-hydrogen) atoms. The smallest absolute Gasteiger partial charge is 0.267 e. The van der Waals surface area contributed by atoms with Crippen LogP contribution in [0.25, 0.3) is 21.8 Å². The van der Waals surface area contributed by atoms with Gasteiger partial charge in [0, 0.05) is 47.5 Å². The number of para-hydroxylation sites is 2. The van der Waals surface area contributed by atoms with Gasteiger partial charge in [-0.3, -0.25) is 9.59 Å². The average Bonchev–Trinajstić information content (AvgIpc) is 3.35. The van der Waals surface area contributed by atoms with Crippen LogP contribution >= 0.6 is 0 Å². The van der Waals surface area contributed by atoms with E-state index in [1.54, 1.807) is 0 Å². The van der Waals surface area contributed by atoms with Crippen LogP contribution in [0.15, 0.2) is 60.8 Å². The van der Waals surface area contributed by atoms with Crippen molar-refractivity contribution in [2.24, 2.45) is 0 Å². The van der Waals surface area contributed by atoms with E-state index in [2.05, 4.69) is 32.7 Å². The number of carbonyl (C=O) groups is 2. The number of benzene rings is 2. The highest BCUT2D eigenvalue weighted by Crippen LogP contribution is 2.19. The van der Waals surface area contributed by atoms with Crippen molar-refractivity contribution in [1.82, 2.24) is 20.6 Å². The fraction of sp³-hybridized carbons (Fsp3) is 0.217. The second kappa shape index (κ2) is 8.65. The highest BCUT2D eigenvalue weighted by atomic mass is 16.2. The summed E-state index contributed by atoms with van der Waals surface area (Å²) in [6.45, 7) is 0.806. The number of H-pyrrole nitrogens is 2. The van der Waals surface area contributed by atoms with Gasteiger partial charge in [-0.05, 0) is 36.6 Å². The number of nitrogens with one attached hydrogen (secondary N) is 4.